The fourth-order valence-electron chi connectivity index (χ4n) is 1.57. The van der Waals surface area contributed by atoms with Crippen molar-refractivity contribution in [3.8, 4) is 0 Å². The van der Waals surface area contributed by atoms with Gasteiger partial charge in [-0.05, 0) is 18.8 Å². The Kier molecular flexibility index (Phi) is 4.73. The van der Waals surface area contributed by atoms with E-state index in [0.717, 1.165) is 17.1 Å². The van der Waals surface area contributed by atoms with E-state index in [2.05, 4.69) is 0 Å². The fourth-order valence-corrected chi connectivity index (χ4v) is 3.23. The molecule has 1 aliphatic rings. The van der Waals surface area contributed by atoms with Crippen molar-refractivity contribution in [2.45, 2.75) is 32.6 Å². The molecule has 94 valence electrons. The maximum absolute atomic E-state index is 11.9. The van der Waals surface area contributed by atoms with Gasteiger partial charge in [-0.15, -0.1) is 0 Å². The highest BCUT2D eigenvalue weighted by molar-refractivity contribution is 7.89. The first kappa shape index (κ1) is 13.4. The van der Waals surface area contributed by atoms with Crippen molar-refractivity contribution in [3.63, 3.8) is 0 Å². The van der Waals surface area contributed by atoms with E-state index in [0.29, 0.717) is 25.3 Å². The predicted molar refractivity (Wildman–Crippen MR) is 60.6 cm³/mol. The number of carboxylic acid groups (broad SMARTS) is 1. The van der Waals surface area contributed by atoms with E-state index in [4.69, 9.17) is 5.11 Å². The molecule has 0 spiro atoms. The Bertz CT molecular complexity index is 335. The van der Waals surface area contributed by atoms with E-state index in [1.54, 1.807) is 0 Å². The lowest BCUT2D eigenvalue weighted by Crippen LogP contribution is -2.37. The third-order valence-electron chi connectivity index (χ3n) is 2.66. The van der Waals surface area contributed by atoms with Crippen molar-refractivity contribution in [1.29, 1.82) is 0 Å². The molecule has 0 aromatic carbocycles. The Morgan fingerprint density at radius 2 is 2.06 bits per heavy atom. The average molecular weight is 249 g/mol. The van der Waals surface area contributed by atoms with Crippen molar-refractivity contribution in [3.05, 3.63) is 0 Å². The van der Waals surface area contributed by atoms with Gasteiger partial charge in [0.25, 0.3) is 0 Å². The molecule has 0 heterocycles. The molecule has 1 saturated carbocycles. The van der Waals surface area contributed by atoms with Gasteiger partial charge >= 0.3 is 5.97 Å². The van der Waals surface area contributed by atoms with E-state index in [9.17, 15) is 13.2 Å². The van der Waals surface area contributed by atoms with Crippen molar-refractivity contribution in [2.24, 2.45) is 5.92 Å². The summed E-state index contributed by atoms with van der Waals surface area (Å²) in [5.74, 6) is -0.461. The fraction of sp³-hybridized carbons (Fsp3) is 0.900. The van der Waals surface area contributed by atoms with Crippen LogP contribution in [0.4, 0.5) is 0 Å². The predicted octanol–water partition coefficient (Wildman–Crippen LogP) is 0.913. The maximum atomic E-state index is 11.9. The van der Waals surface area contributed by atoms with E-state index < -0.39 is 22.5 Å². The summed E-state index contributed by atoms with van der Waals surface area (Å²) in [6, 6.07) is 0. The smallest absolute Gasteiger partial charge is 0.318 e. The molecule has 0 amide bonds. The second-order valence-corrected chi connectivity index (χ2v) is 6.36. The van der Waals surface area contributed by atoms with Crippen LogP contribution in [-0.2, 0) is 14.8 Å². The Labute approximate surface area is 96.5 Å². The van der Waals surface area contributed by atoms with Gasteiger partial charge in [0.05, 0.1) is 5.75 Å². The van der Waals surface area contributed by atoms with Crippen LogP contribution in [0.2, 0.25) is 0 Å². The summed E-state index contributed by atoms with van der Waals surface area (Å²) >= 11 is 0. The van der Waals surface area contributed by atoms with Crippen molar-refractivity contribution >= 4 is 16.0 Å². The largest absolute Gasteiger partial charge is 0.480 e. The number of hydrogen-bond acceptors (Lipinski definition) is 3. The topological polar surface area (TPSA) is 74.7 Å². The Hall–Kier alpha value is -0.620. The minimum atomic E-state index is -3.38. The summed E-state index contributed by atoms with van der Waals surface area (Å²) in [6.07, 6.45) is 3.53. The van der Waals surface area contributed by atoms with E-state index in [1.807, 2.05) is 6.92 Å². The summed E-state index contributed by atoms with van der Waals surface area (Å²) in [6.45, 7) is 1.71. The van der Waals surface area contributed by atoms with Crippen molar-refractivity contribution in [1.82, 2.24) is 4.31 Å². The summed E-state index contributed by atoms with van der Waals surface area (Å²) in [4.78, 5) is 10.6. The first-order valence-electron chi connectivity index (χ1n) is 5.65. The number of rotatable bonds is 8. The van der Waals surface area contributed by atoms with E-state index in [1.165, 1.54) is 0 Å². The van der Waals surface area contributed by atoms with Gasteiger partial charge in [0.1, 0.15) is 6.54 Å². The van der Waals surface area contributed by atoms with E-state index >= 15 is 0 Å². The summed E-state index contributed by atoms with van der Waals surface area (Å²) in [5.41, 5.74) is 0. The van der Waals surface area contributed by atoms with Gasteiger partial charge in [0.15, 0.2) is 0 Å². The first-order chi connectivity index (χ1) is 7.45. The molecule has 0 unspecified atom stereocenters. The van der Waals surface area contributed by atoms with Gasteiger partial charge in [-0.25, -0.2) is 8.42 Å². The molecule has 5 nitrogen and oxygen atoms in total. The number of carboxylic acids is 1. The molecule has 1 aliphatic carbocycles. The zero-order valence-electron chi connectivity index (χ0n) is 9.55. The van der Waals surface area contributed by atoms with Crippen molar-refractivity contribution < 1.29 is 18.3 Å². The quantitative estimate of drug-likeness (QED) is 0.694. The Morgan fingerprint density at radius 3 is 2.50 bits per heavy atom. The molecule has 0 bridgehead atoms. The van der Waals surface area contributed by atoms with Crippen LogP contribution in [0.15, 0.2) is 0 Å². The molecule has 0 aliphatic heterocycles. The van der Waals surface area contributed by atoms with Gasteiger partial charge < -0.3 is 5.11 Å². The summed E-state index contributed by atoms with van der Waals surface area (Å²) < 4.78 is 24.8. The maximum Gasteiger partial charge on any atom is 0.318 e. The normalized spacial score (nSPS) is 16.6. The number of aliphatic carboxylic acids is 1. The van der Waals surface area contributed by atoms with Crippen LogP contribution >= 0.6 is 0 Å². The third kappa shape index (κ3) is 4.49. The lowest BCUT2D eigenvalue weighted by Gasteiger charge is -2.19. The first-order valence-corrected chi connectivity index (χ1v) is 7.26. The molecular formula is C10H19NO4S. The molecule has 1 rings (SSSR count). The van der Waals surface area contributed by atoms with Crippen LogP contribution in [-0.4, -0.2) is 42.6 Å². The van der Waals surface area contributed by atoms with Crippen LogP contribution in [0.1, 0.15) is 32.6 Å². The zero-order chi connectivity index (χ0) is 12.2. The molecule has 0 aromatic heterocycles. The molecule has 16 heavy (non-hydrogen) atoms. The lowest BCUT2D eigenvalue weighted by molar-refractivity contribution is -0.137. The highest BCUT2D eigenvalue weighted by atomic mass is 32.2. The molecule has 0 radical (unpaired) electrons. The molecule has 1 fully saturated rings. The number of nitrogens with zero attached hydrogens (tertiary/aromatic N) is 1. The van der Waals surface area contributed by atoms with Crippen LogP contribution in [0, 0.1) is 5.92 Å². The van der Waals surface area contributed by atoms with Crippen LogP contribution < -0.4 is 0 Å². The van der Waals surface area contributed by atoms with Crippen LogP contribution in [0.3, 0.4) is 0 Å². The highest BCUT2D eigenvalue weighted by Gasteiger charge is 2.28. The number of carbonyl (C=O) groups is 1. The summed E-state index contributed by atoms with van der Waals surface area (Å²) in [7, 11) is -3.38. The SMILES string of the molecule is CCCN(CC(=O)O)S(=O)(=O)CCC1CC1. The number of sulfonamides is 1. The molecule has 0 aromatic rings. The van der Waals surface area contributed by atoms with Crippen LogP contribution in [0.5, 0.6) is 0 Å². The van der Waals surface area contributed by atoms with E-state index in [-0.39, 0.29) is 5.75 Å². The summed E-state index contributed by atoms with van der Waals surface area (Å²) in [5, 5.41) is 8.66. The van der Waals surface area contributed by atoms with Gasteiger partial charge in [-0.3, -0.25) is 4.79 Å². The van der Waals surface area contributed by atoms with Crippen molar-refractivity contribution in [2.75, 3.05) is 18.8 Å². The average Bonchev–Trinajstić information content (AvgIpc) is 2.97. The monoisotopic (exact) mass is 249 g/mol. The highest BCUT2D eigenvalue weighted by Crippen LogP contribution is 2.32. The van der Waals surface area contributed by atoms with Crippen LogP contribution in [0.25, 0.3) is 0 Å². The van der Waals surface area contributed by atoms with Gasteiger partial charge in [0, 0.05) is 6.54 Å². The number of hydrogen-bond donors (Lipinski definition) is 1. The minimum Gasteiger partial charge on any atom is -0.480 e. The standard InChI is InChI=1S/C10H19NO4S/c1-2-6-11(8-10(12)13)16(14,15)7-5-9-3-4-9/h9H,2-8H2,1H3,(H,12,13). The van der Waals surface area contributed by atoms with Gasteiger partial charge in [0.2, 0.25) is 10.0 Å². The second-order valence-electron chi connectivity index (χ2n) is 4.28. The molecular weight excluding hydrogens is 230 g/mol. The molecule has 1 N–H and O–H groups in total. The Morgan fingerprint density at radius 1 is 1.44 bits per heavy atom. The van der Waals surface area contributed by atoms with Gasteiger partial charge in [-0.2, -0.15) is 4.31 Å². The Balaban J connectivity index is 2.54. The second kappa shape index (κ2) is 5.63. The molecule has 6 heteroatoms. The molecule has 0 atom stereocenters. The molecule has 0 saturated heterocycles. The third-order valence-corrected chi connectivity index (χ3v) is 4.51. The minimum absolute atomic E-state index is 0.0882. The zero-order valence-corrected chi connectivity index (χ0v) is 10.4. The lowest BCUT2D eigenvalue weighted by atomic mass is 10.3. The van der Waals surface area contributed by atoms with Gasteiger partial charge in [-0.1, -0.05) is 19.8 Å².